The number of nitrogens with zero attached hydrogens (tertiary/aromatic N) is 1. The Bertz CT molecular complexity index is 437. The van der Waals surface area contributed by atoms with Crippen molar-refractivity contribution in [2.75, 3.05) is 13.1 Å². The van der Waals surface area contributed by atoms with Gasteiger partial charge in [-0.1, -0.05) is 47.5 Å². The fourth-order valence-electron chi connectivity index (χ4n) is 2.41. The van der Waals surface area contributed by atoms with Crippen molar-refractivity contribution < 1.29 is 4.79 Å². The van der Waals surface area contributed by atoms with Crippen molar-refractivity contribution in [2.45, 2.75) is 38.8 Å². The Balaban J connectivity index is 3.07. The second-order valence-corrected chi connectivity index (χ2v) is 5.97. The number of hydrogen-bond donors (Lipinski definition) is 2. The molecule has 5 heteroatoms. The topological polar surface area (TPSA) is 72.3 Å². The van der Waals surface area contributed by atoms with Gasteiger partial charge in [0.15, 0.2) is 0 Å². The minimum absolute atomic E-state index is 0.0235. The van der Waals surface area contributed by atoms with Crippen molar-refractivity contribution in [1.82, 2.24) is 4.90 Å². The van der Waals surface area contributed by atoms with Crippen LogP contribution in [0, 0.1) is 0 Å². The van der Waals surface area contributed by atoms with Crippen LogP contribution in [0.25, 0.3) is 0 Å². The first-order chi connectivity index (χ1) is 9.47. The molecule has 0 spiro atoms. The first-order valence-corrected chi connectivity index (χ1v) is 7.79. The number of carbonyl (C=O) groups excluding carboxylic acids is 1. The maximum atomic E-state index is 11.3. The average molecular weight is 342 g/mol. The summed E-state index contributed by atoms with van der Waals surface area (Å²) in [5.41, 5.74) is 12.7. The van der Waals surface area contributed by atoms with Gasteiger partial charge in [0.05, 0.1) is 12.6 Å². The lowest BCUT2D eigenvalue weighted by molar-refractivity contribution is -0.119. The fraction of sp³-hybridized carbons (Fsp3) is 0.533. The van der Waals surface area contributed by atoms with Crippen LogP contribution in [0.3, 0.4) is 0 Å². The number of amides is 1. The first-order valence-electron chi connectivity index (χ1n) is 6.99. The van der Waals surface area contributed by atoms with Crippen LogP contribution in [0.2, 0.25) is 0 Å². The molecule has 2 atom stereocenters. The van der Waals surface area contributed by atoms with Gasteiger partial charge < -0.3 is 11.5 Å². The van der Waals surface area contributed by atoms with E-state index in [4.69, 9.17) is 11.5 Å². The molecule has 1 aromatic carbocycles. The predicted molar refractivity (Wildman–Crippen MR) is 86.2 cm³/mol. The van der Waals surface area contributed by atoms with Gasteiger partial charge in [0.25, 0.3) is 0 Å². The van der Waals surface area contributed by atoms with Crippen LogP contribution in [0.4, 0.5) is 0 Å². The molecule has 2 unspecified atom stereocenters. The van der Waals surface area contributed by atoms with Crippen molar-refractivity contribution in [1.29, 1.82) is 0 Å². The summed E-state index contributed by atoms with van der Waals surface area (Å²) in [5, 5.41) is 0. The Labute approximate surface area is 129 Å². The smallest absolute Gasteiger partial charge is 0.231 e. The molecule has 0 aliphatic heterocycles. The highest BCUT2D eigenvalue weighted by Gasteiger charge is 2.26. The number of unbranched alkanes of at least 4 members (excludes halogenated alkanes) is 1. The molecule has 0 aliphatic rings. The number of hydrogen-bond acceptors (Lipinski definition) is 3. The van der Waals surface area contributed by atoms with Crippen molar-refractivity contribution >= 4 is 21.8 Å². The van der Waals surface area contributed by atoms with Crippen molar-refractivity contribution in [3.05, 3.63) is 34.3 Å². The molecule has 0 saturated heterocycles. The van der Waals surface area contributed by atoms with Gasteiger partial charge in [-0.25, -0.2) is 0 Å². The van der Waals surface area contributed by atoms with Gasteiger partial charge in [-0.2, -0.15) is 0 Å². The monoisotopic (exact) mass is 341 g/mol. The Morgan fingerprint density at radius 1 is 1.40 bits per heavy atom. The zero-order valence-corrected chi connectivity index (χ0v) is 13.8. The summed E-state index contributed by atoms with van der Waals surface area (Å²) < 4.78 is 1.01. The highest BCUT2D eigenvalue weighted by atomic mass is 79.9. The van der Waals surface area contributed by atoms with Crippen molar-refractivity contribution in [3.63, 3.8) is 0 Å². The summed E-state index contributed by atoms with van der Waals surface area (Å²) in [4.78, 5) is 13.4. The molecule has 20 heavy (non-hydrogen) atoms. The third-order valence-electron chi connectivity index (χ3n) is 3.27. The molecular formula is C15H24BrN3O. The summed E-state index contributed by atoms with van der Waals surface area (Å²) in [5.74, 6) is -0.321. The second kappa shape index (κ2) is 8.39. The standard InChI is InChI=1S/C15H24BrN3O/c1-3-4-9-19(10-14(18)20)15(11(2)17)12-7-5-6-8-13(12)16/h5-8,11,15H,3-4,9-10,17H2,1-2H3,(H2,18,20). The number of halogens is 1. The summed E-state index contributed by atoms with van der Waals surface area (Å²) in [6, 6.07) is 7.87. The maximum Gasteiger partial charge on any atom is 0.231 e. The van der Waals surface area contributed by atoms with Crippen LogP contribution < -0.4 is 11.5 Å². The molecule has 0 saturated carbocycles. The van der Waals surface area contributed by atoms with E-state index >= 15 is 0 Å². The Morgan fingerprint density at radius 3 is 2.55 bits per heavy atom. The zero-order valence-electron chi connectivity index (χ0n) is 12.2. The van der Waals surface area contributed by atoms with Gasteiger partial charge in [0.1, 0.15) is 0 Å². The number of nitrogens with two attached hydrogens (primary N) is 2. The third-order valence-corrected chi connectivity index (χ3v) is 4.00. The van der Waals surface area contributed by atoms with E-state index in [2.05, 4.69) is 27.8 Å². The van der Waals surface area contributed by atoms with E-state index in [1.807, 2.05) is 31.2 Å². The lowest BCUT2D eigenvalue weighted by Crippen LogP contribution is -2.44. The molecule has 0 aromatic heterocycles. The molecule has 4 N–H and O–H groups in total. The highest BCUT2D eigenvalue weighted by molar-refractivity contribution is 9.10. The molecule has 0 heterocycles. The molecule has 0 fully saturated rings. The van der Waals surface area contributed by atoms with E-state index in [-0.39, 0.29) is 24.5 Å². The molecule has 0 radical (unpaired) electrons. The Hall–Kier alpha value is -0.910. The number of primary amides is 1. The van der Waals surface area contributed by atoms with Crippen LogP contribution in [0.5, 0.6) is 0 Å². The molecule has 0 bridgehead atoms. The van der Waals surface area contributed by atoms with Crippen LogP contribution in [0.1, 0.15) is 38.3 Å². The maximum absolute atomic E-state index is 11.3. The summed E-state index contributed by atoms with van der Waals surface area (Å²) >= 11 is 3.57. The van der Waals surface area contributed by atoms with Crippen LogP contribution in [0.15, 0.2) is 28.7 Å². The fourth-order valence-corrected chi connectivity index (χ4v) is 2.92. The van der Waals surface area contributed by atoms with E-state index in [1.54, 1.807) is 0 Å². The molecule has 1 aromatic rings. The highest BCUT2D eigenvalue weighted by Crippen LogP contribution is 2.30. The SMILES string of the molecule is CCCCN(CC(N)=O)C(c1ccccc1Br)C(C)N. The van der Waals surface area contributed by atoms with Crippen LogP contribution >= 0.6 is 15.9 Å². The molecule has 4 nitrogen and oxygen atoms in total. The summed E-state index contributed by atoms with van der Waals surface area (Å²) in [6.45, 7) is 5.13. The molecular weight excluding hydrogens is 318 g/mol. The minimum atomic E-state index is -0.321. The summed E-state index contributed by atoms with van der Waals surface area (Å²) in [7, 11) is 0. The van der Waals surface area contributed by atoms with Crippen LogP contribution in [-0.4, -0.2) is 29.9 Å². The second-order valence-electron chi connectivity index (χ2n) is 5.12. The molecule has 1 amide bonds. The quantitative estimate of drug-likeness (QED) is 0.762. The van der Waals surface area contributed by atoms with Gasteiger partial charge in [0.2, 0.25) is 5.91 Å². The number of benzene rings is 1. The van der Waals surface area contributed by atoms with Crippen LogP contribution in [-0.2, 0) is 4.79 Å². The number of rotatable bonds is 8. The molecule has 112 valence electrons. The molecule has 1 rings (SSSR count). The molecule has 0 aliphatic carbocycles. The Kier molecular flexibility index (Phi) is 7.19. The van der Waals surface area contributed by atoms with Gasteiger partial charge in [0, 0.05) is 10.5 Å². The van der Waals surface area contributed by atoms with E-state index < -0.39 is 0 Å². The van der Waals surface area contributed by atoms with Gasteiger partial charge >= 0.3 is 0 Å². The van der Waals surface area contributed by atoms with E-state index in [0.29, 0.717) is 0 Å². The first kappa shape index (κ1) is 17.1. The zero-order chi connectivity index (χ0) is 15.1. The van der Waals surface area contributed by atoms with E-state index in [1.165, 1.54) is 0 Å². The largest absolute Gasteiger partial charge is 0.369 e. The predicted octanol–water partition coefficient (Wildman–Crippen LogP) is 2.42. The van der Waals surface area contributed by atoms with Crippen molar-refractivity contribution in [3.8, 4) is 0 Å². The van der Waals surface area contributed by atoms with E-state index in [9.17, 15) is 4.79 Å². The van der Waals surface area contributed by atoms with Gasteiger partial charge in [-0.15, -0.1) is 0 Å². The summed E-state index contributed by atoms with van der Waals surface area (Å²) in [6.07, 6.45) is 2.08. The van der Waals surface area contributed by atoms with Crippen molar-refractivity contribution in [2.24, 2.45) is 11.5 Å². The van der Waals surface area contributed by atoms with Gasteiger partial charge in [-0.05, 0) is 31.5 Å². The average Bonchev–Trinajstić information content (AvgIpc) is 2.37. The third kappa shape index (κ3) is 4.89. The van der Waals surface area contributed by atoms with E-state index in [0.717, 1.165) is 29.4 Å². The normalized spacial score (nSPS) is 14.2. The Morgan fingerprint density at radius 2 is 2.05 bits per heavy atom. The number of carbonyl (C=O) groups is 1. The minimum Gasteiger partial charge on any atom is -0.369 e. The van der Waals surface area contributed by atoms with Gasteiger partial charge in [-0.3, -0.25) is 9.69 Å². The lowest BCUT2D eigenvalue weighted by atomic mass is 9.98. The lowest BCUT2D eigenvalue weighted by Gasteiger charge is -2.34.